The van der Waals surface area contributed by atoms with E-state index >= 15 is 0 Å². The van der Waals surface area contributed by atoms with Crippen molar-refractivity contribution in [1.29, 1.82) is 0 Å². The zero-order valence-corrected chi connectivity index (χ0v) is 7.64. The topological polar surface area (TPSA) is 35.2 Å². The first-order valence-corrected chi connectivity index (χ1v) is 4.02. The minimum absolute atomic E-state index is 0.0146. The lowest BCUT2D eigenvalue weighted by atomic mass is 10.3. The maximum Gasteiger partial charge on any atom is 0.304 e. The Balaban J connectivity index is 2.77. The Morgan fingerprint density at radius 3 is 2.43 bits per heavy atom. The molecule has 6 heteroatoms. The SMILES string of the molecule is Nc1cc(Cl)ccc1OC(F)C(F)F. The van der Waals surface area contributed by atoms with E-state index in [0.29, 0.717) is 5.02 Å². The van der Waals surface area contributed by atoms with Crippen LogP contribution in [0, 0.1) is 0 Å². The minimum Gasteiger partial charge on any atom is -0.452 e. The van der Waals surface area contributed by atoms with E-state index < -0.39 is 12.8 Å². The zero-order valence-electron chi connectivity index (χ0n) is 6.88. The lowest BCUT2D eigenvalue weighted by Crippen LogP contribution is -2.20. The lowest BCUT2D eigenvalue weighted by molar-refractivity contribution is -0.0665. The molecule has 2 nitrogen and oxygen atoms in total. The number of rotatable bonds is 3. The number of benzene rings is 1. The van der Waals surface area contributed by atoms with Gasteiger partial charge >= 0.3 is 6.43 Å². The van der Waals surface area contributed by atoms with E-state index in [9.17, 15) is 13.2 Å². The first-order valence-electron chi connectivity index (χ1n) is 3.64. The van der Waals surface area contributed by atoms with Crippen LogP contribution in [0.2, 0.25) is 5.02 Å². The van der Waals surface area contributed by atoms with Crippen LogP contribution >= 0.6 is 11.6 Å². The summed E-state index contributed by atoms with van der Waals surface area (Å²) in [7, 11) is 0. The van der Waals surface area contributed by atoms with Gasteiger partial charge in [-0.05, 0) is 18.2 Å². The van der Waals surface area contributed by atoms with Crippen LogP contribution < -0.4 is 10.5 Å². The van der Waals surface area contributed by atoms with Crippen LogP contribution in [-0.2, 0) is 0 Å². The first kappa shape index (κ1) is 11.0. The number of hydrogen-bond donors (Lipinski definition) is 1. The van der Waals surface area contributed by atoms with Gasteiger partial charge in [0, 0.05) is 5.02 Å². The predicted molar refractivity (Wildman–Crippen MR) is 47.4 cm³/mol. The summed E-state index contributed by atoms with van der Waals surface area (Å²) in [6.45, 7) is 0. The quantitative estimate of drug-likeness (QED) is 0.803. The van der Waals surface area contributed by atoms with Crippen molar-refractivity contribution in [2.45, 2.75) is 12.8 Å². The van der Waals surface area contributed by atoms with E-state index in [2.05, 4.69) is 4.74 Å². The standard InChI is InChI=1S/C8H7ClF3NO/c9-4-1-2-6(5(13)3-4)14-8(12)7(10)11/h1-3,7-8H,13H2. The van der Waals surface area contributed by atoms with E-state index in [0.717, 1.165) is 0 Å². The molecule has 0 amide bonds. The molecule has 0 fully saturated rings. The van der Waals surface area contributed by atoms with E-state index in [1.165, 1.54) is 18.2 Å². The number of nitrogens with two attached hydrogens (primary N) is 1. The van der Waals surface area contributed by atoms with Gasteiger partial charge in [-0.15, -0.1) is 0 Å². The highest BCUT2D eigenvalue weighted by Gasteiger charge is 2.21. The number of alkyl halides is 3. The summed E-state index contributed by atoms with van der Waals surface area (Å²) in [5.41, 5.74) is 5.36. The third-order valence-electron chi connectivity index (χ3n) is 1.41. The Bertz CT molecular complexity index is 321. The van der Waals surface area contributed by atoms with E-state index in [4.69, 9.17) is 17.3 Å². The van der Waals surface area contributed by atoms with Gasteiger partial charge < -0.3 is 10.5 Å². The molecule has 0 saturated carbocycles. The molecule has 0 radical (unpaired) electrons. The maximum absolute atomic E-state index is 12.4. The largest absolute Gasteiger partial charge is 0.452 e. The van der Waals surface area contributed by atoms with Crippen LogP contribution in [0.1, 0.15) is 0 Å². The Labute approximate surface area is 83.4 Å². The number of anilines is 1. The molecule has 0 saturated heterocycles. The molecule has 1 rings (SSSR count). The third kappa shape index (κ3) is 2.70. The molecule has 0 aliphatic heterocycles. The number of nitrogen functional groups attached to an aromatic ring is 1. The van der Waals surface area contributed by atoms with Gasteiger partial charge in [0.05, 0.1) is 5.69 Å². The molecule has 0 spiro atoms. The van der Waals surface area contributed by atoms with Crippen molar-refractivity contribution >= 4 is 17.3 Å². The Morgan fingerprint density at radius 2 is 1.93 bits per heavy atom. The second-order valence-corrected chi connectivity index (χ2v) is 2.92. The van der Waals surface area contributed by atoms with Crippen molar-refractivity contribution in [2.24, 2.45) is 0 Å². The van der Waals surface area contributed by atoms with Gasteiger partial charge in [-0.25, -0.2) is 8.78 Å². The molecule has 1 atom stereocenters. The summed E-state index contributed by atoms with van der Waals surface area (Å²) in [6, 6.07) is 3.88. The first-order chi connectivity index (χ1) is 6.50. The molecule has 0 aliphatic rings. The molecule has 1 aromatic carbocycles. The summed E-state index contributed by atoms with van der Waals surface area (Å²) >= 11 is 5.54. The van der Waals surface area contributed by atoms with Crippen molar-refractivity contribution in [3.05, 3.63) is 23.2 Å². The molecule has 0 aliphatic carbocycles. The van der Waals surface area contributed by atoms with Crippen LogP contribution in [0.25, 0.3) is 0 Å². The Morgan fingerprint density at radius 1 is 1.29 bits per heavy atom. The van der Waals surface area contributed by atoms with Gasteiger partial charge in [-0.3, -0.25) is 0 Å². The van der Waals surface area contributed by atoms with Crippen LogP contribution in [0.4, 0.5) is 18.9 Å². The van der Waals surface area contributed by atoms with Crippen molar-refractivity contribution in [3.63, 3.8) is 0 Å². The molecule has 1 aromatic rings. The fourth-order valence-corrected chi connectivity index (χ4v) is 0.980. The summed E-state index contributed by atoms with van der Waals surface area (Å²) < 4.78 is 40.2. The summed E-state index contributed by atoms with van der Waals surface area (Å²) in [4.78, 5) is 0. The molecule has 78 valence electrons. The Hall–Kier alpha value is -1.10. The zero-order chi connectivity index (χ0) is 10.7. The van der Waals surface area contributed by atoms with Gasteiger partial charge in [-0.2, -0.15) is 4.39 Å². The summed E-state index contributed by atoms with van der Waals surface area (Å²) in [6.07, 6.45) is -5.89. The Kier molecular flexibility index (Phi) is 3.46. The highest BCUT2D eigenvalue weighted by Crippen LogP contribution is 2.26. The van der Waals surface area contributed by atoms with E-state index in [1.807, 2.05) is 0 Å². The van der Waals surface area contributed by atoms with Crippen LogP contribution in [-0.4, -0.2) is 12.8 Å². The van der Waals surface area contributed by atoms with Gasteiger partial charge in [0.1, 0.15) is 5.75 Å². The number of ether oxygens (including phenoxy) is 1. The highest BCUT2D eigenvalue weighted by molar-refractivity contribution is 6.30. The number of hydrogen-bond acceptors (Lipinski definition) is 2. The van der Waals surface area contributed by atoms with Crippen molar-refractivity contribution in [2.75, 3.05) is 5.73 Å². The summed E-state index contributed by atoms with van der Waals surface area (Å²) in [5.74, 6) is -0.151. The molecule has 0 heterocycles. The molecular weight excluding hydrogens is 219 g/mol. The van der Waals surface area contributed by atoms with Crippen molar-refractivity contribution in [3.8, 4) is 5.75 Å². The molecule has 0 bridgehead atoms. The molecule has 14 heavy (non-hydrogen) atoms. The molecule has 1 unspecified atom stereocenters. The fraction of sp³-hybridized carbons (Fsp3) is 0.250. The van der Waals surface area contributed by atoms with Crippen LogP contribution in [0.5, 0.6) is 5.75 Å². The molecule has 2 N–H and O–H groups in total. The average Bonchev–Trinajstić information content (AvgIpc) is 2.09. The second kappa shape index (κ2) is 4.41. The third-order valence-corrected chi connectivity index (χ3v) is 1.64. The molecule has 0 aromatic heterocycles. The second-order valence-electron chi connectivity index (χ2n) is 2.49. The summed E-state index contributed by atoms with van der Waals surface area (Å²) in [5, 5.41) is 0.322. The van der Waals surface area contributed by atoms with Crippen molar-refractivity contribution < 1.29 is 17.9 Å². The predicted octanol–water partition coefficient (Wildman–Crippen LogP) is 2.86. The van der Waals surface area contributed by atoms with Gasteiger partial charge in [0.15, 0.2) is 0 Å². The highest BCUT2D eigenvalue weighted by atomic mass is 35.5. The van der Waals surface area contributed by atoms with Crippen molar-refractivity contribution in [1.82, 2.24) is 0 Å². The number of halogens is 4. The van der Waals surface area contributed by atoms with Crippen LogP contribution in [0.3, 0.4) is 0 Å². The van der Waals surface area contributed by atoms with Gasteiger partial charge in [0.2, 0.25) is 0 Å². The van der Waals surface area contributed by atoms with Gasteiger partial charge in [0.25, 0.3) is 6.36 Å². The monoisotopic (exact) mass is 225 g/mol. The maximum atomic E-state index is 12.4. The smallest absolute Gasteiger partial charge is 0.304 e. The van der Waals surface area contributed by atoms with E-state index in [-0.39, 0.29) is 11.4 Å². The van der Waals surface area contributed by atoms with E-state index in [1.54, 1.807) is 0 Å². The normalized spacial score (nSPS) is 12.9. The van der Waals surface area contributed by atoms with Crippen LogP contribution in [0.15, 0.2) is 18.2 Å². The molecular formula is C8H7ClF3NO. The minimum atomic E-state index is -3.20. The van der Waals surface area contributed by atoms with Gasteiger partial charge in [-0.1, -0.05) is 11.6 Å². The average molecular weight is 226 g/mol. The fourth-order valence-electron chi connectivity index (χ4n) is 0.799. The lowest BCUT2D eigenvalue weighted by Gasteiger charge is -2.12.